The Morgan fingerprint density at radius 1 is 0.744 bits per heavy atom. The van der Waals surface area contributed by atoms with Crippen LogP contribution in [0.5, 0.6) is 5.75 Å². The summed E-state index contributed by atoms with van der Waals surface area (Å²) in [5, 5.41) is 10.8. The van der Waals surface area contributed by atoms with Gasteiger partial charge in [-0.3, -0.25) is 4.90 Å². The van der Waals surface area contributed by atoms with Crippen LogP contribution in [0.2, 0.25) is 5.02 Å². The van der Waals surface area contributed by atoms with Crippen LogP contribution in [-0.2, 0) is 26.2 Å². The lowest BCUT2D eigenvalue weighted by atomic mass is 10.1. The second-order valence-corrected chi connectivity index (χ2v) is 10.4. The standard InChI is InChI=1S/C34H34ClN3O/c1-2-3-19-38-32(33(28-15-9-5-10-16-28)36-34(38)29-17-11-6-12-18-29)25-37(23-26-13-7-4-8-14-26)24-27-20-30(35)22-31(39)21-27/h4-18,20-22,39H,2-3,19,23-25H2,1H3. The highest BCUT2D eigenvalue weighted by atomic mass is 35.5. The summed E-state index contributed by atoms with van der Waals surface area (Å²) in [6.45, 7) is 5.20. The van der Waals surface area contributed by atoms with Gasteiger partial charge < -0.3 is 9.67 Å². The molecule has 1 heterocycles. The largest absolute Gasteiger partial charge is 0.508 e. The first-order valence-electron chi connectivity index (χ1n) is 13.6. The molecule has 0 atom stereocenters. The fourth-order valence-corrected chi connectivity index (χ4v) is 5.29. The van der Waals surface area contributed by atoms with E-state index >= 15 is 0 Å². The molecule has 198 valence electrons. The lowest BCUT2D eigenvalue weighted by Crippen LogP contribution is -2.24. The molecule has 0 aliphatic heterocycles. The second kappa shape index (κ2) is 12.8. The third-order valence-electron chi connectivity index (χ3n) is 6.86. The normalized spacial score (nSPS) is 11.3. The highest BCUT2D eigenvalue weighted by molar-refractivity contribution is 6.30. The van der Waals surface area contributed by atoms with E-state index in [-0.39, 0.29) is 5.75 Å². The van der Waals surface area contributed by atoms with Crippen molar-refractivity contribution in [3.8, 4) is 28.4 Å². The number of hydrogen-bond acceptors (Lipinski definition) is 3. The predicted molar refractivity (Wildman–Crippen MR) is 161 cm³/mol. The number of hydrogen-bond donors (Lipinski definition) is 1. The summed E-state index contributed by atoms with van der Waals surface area (Å²) in [6.07, 6.45) is 2.17. The lowest BCUT2D eigenvalue weighted by molar-refractivity contribution is 0.241. The van der Waals surface area contributed by atoms with Crippen molar-refractivity contribution >= 4 is 11.6 Å². The van der Waals surface area contributed by atoms with Crippen LogP contribution in [0.3, 0.4) is 0 Å². The molecule has 4 nitrogen and oxygen atoms in total. The molecule has 5 rings (SSSR count). The molecule has 4 aromatic carbocycles. The first-order valence-corrected chi connectivity index (χ1v) is 13.9. The van der Waals surface area contributed by atoms with Crippen LogP contribution in [0.25, 0.3) is 22.6 Å². The predicted octanol–water partition coefficient (Wildman–Crippen LogP) is 8.58. The van der Waals surface area contributed by atoms with Gasteiger partial charge in [0, 0.05) is 42.3 Å². The van der Waals surface area contributed by atoms with Crippen LogP contribution < -0.4 is 0 Å². The van der Waals surface area contributed by atoms with Crippen LogP contribution in [0.15, 0.2) is 109 Å². The van der Waals surface area contributed by atoms with Gasteiger partial charge in [-0.25, -0.2) is 4.98 Å². The molecule has 0 fully saturated rings. The maximum atomic E-state index is 10.2. The van der Waals surface area contributed by atoms with Gasteiger partial charge in [0.1, 0.15) is 11.6 Å². The summed E-state index contributed by atoms with van der Waals surface area (Å²) in [6, 6.07) is 36.8. The summed E-state index contributed by atoms with van der Waals surface area (Å²) >= 11 is 6.32. The first kappa shape index (κ1) is 26.7. The number of aromatic hydroxyl groups is 1. The molecular formula is C34H34ClN3O. The average Bonchev–Trinajstić information content (AvgIpc) is 3.30. The van der Waals surface area contributed by atoms with Crippen LogP contribution >= 0.6 is 11.6 Å². The summed E-state index contributed by atoms with van der Waals surface area (Å²) in [4.78, 5) is 7.68. The van der Waals surface area contributed by atoms with E-state index in [9.17, 15) is 5.11 Å². The lowest BCUT2D eigenvalue weighted by Gasteiger charge is -2.25. The zero-order chi connectivity index (χ0) is 27.0. The molecular weight excluding hydrogens is 502 g/mol. The molecule has 0 spiro atoms. The Kier molecular flexibility index (Phi) is 8.77. The number of phenols is 1. The minimum Gasteiger partial charge on any atom is -0.508 e. The van der Waals surface area contributed by atoms with Gasteiger partial charge in [-0.1, -0.05) is 116 Å². The Hall–Kier alpha value is -3.86. The molecule has 0 unspecified atom stereocenters. The zero-order valence-corrected chi connectivity index (χ0v) is 23.1. The molecule has 0 saturated heterocycles. The smallest absolute Gasteiger partial charge is 0.140 e. The molecule has 1 aromatic heterocycles. The molecule has 0 aliphatic rings. The van der Waals surface area contributed by atoms with Gasteiger partial charge in [0.05, 0.1) is 11.4 Å². The molecule has 0 radical (unpaired) electrons. The Bertz CT molecular complexity index is 1460. The Balaban J connectivity index is 1.62. The number of imidazole rings is 1. The van der Waals surface area contributed by atoms with Gasteiger partial charge in [-0.15, -0.1) is 0 Å². The molecule has 39 heavy (non-hydrogen) atoms. The fourth-order valence-electron chi connectivity index (χ4n) is 5.04. The summed E-state index contributed by atoms with van der Waals surface area (Å²) in [5.74, 6) is 1.18. The van der Waals surface area contributed by atoms with Gasteiger partial charge in [0.2, 0.25) is 0 Å². The van der Waals surface area contributed by atoms with Crippen molar-refractivity contribution in [2.75, 3.05) is 0 Å². The van der Waals surface area contributed by atoms with Crippen molar-refractivity contribution in [1.82, 2.24) is 14.5 Å². The third kappa shape index (κ3) is 6.78. The van der Waals surface area contributed by atoms with E-state index in [0.717, 1.165) is 54.1 Å². The fraction of sp³-hybridized carbons (Fsp3) is 0.206. The molecule has 5 aromatic rings. The van der Waals surface area contributed by atoms with Gasteiger partial charge in [0.25, 0.3) is 0 Å². The molecule has 0 saturated carbocycles. The number of benzene rings is 4. The summed E-state index contributed by atoms with van der Waals surface area (Å²) in [5.41, 5.74) is 6.63. The van der Waals surface area contributed by atoms with Gasteiger partial charge in [-0.05, 0) is 35.7 Å². The van der Waals surface area contributed by atoms with E-state index in [0.29, 0.717) is 18.1 Å². The molecule has 0 amide bonds. The third-order valence-corrected chi connectivity index (χ3v) is 7.08. The minimum atomic E-state index is 0.182. The first-order chi connectivity index (χ1) is 19.1. The van der Waals surface area contributed by atoms with E-state index in [4.69, 9.17) is 16.6 Å². The van der Waals surface area contributed by atoms with Crippen molar-refractivity contribution in [3.63, 3.8) is 0 Å². The number of rotatable bonds is 11. The summed E-state index contributed by atoms with van der Waals surface area (Å²) < 4.78 is 2.41. The molecule has 1 N–H and O–H groups in total. The van der Waals surface area contributed by atoms with Crippen molar-refractivity contribution in [1.29, 1.82) is 0 Å². The van der Waals surface area contributed by atoms with E-state index in [2.05, 4.69) is 89.2 Å². The number of nitrogens with zero attached hydrogens (tertiary/aromatic N) is 3. The number of phenolic OH excluding ortho intramolecular Hbond substituents is 1. The second-order valence-electron chi connectivity index (χ2n) is 9.92. The van der Waals surface area contributed by atoms with Crippen LogP contribution in [0, 0.1) is 0 Å². The number of halogens is 1. The number of unbranched alkanes of at least 4 members (excludes halogenated alkanes) is 1. The van der Waals surface area contributed by atoms with Crippen molar-refractivity contribution in [2.45, 2.75) is 45.9 Å². The van der Waals surface area contributed by atoms with E-state index < -0.39 is 0 Å². The van der Waals surface area contributed by atoms with Crippen molar-refractivity contribution < 1.29 is 5.11 Å². The van der Waals surface area contributed by atoms with Crippen LogP contribution in [0.4, 0.5) is 0 Å². The van der Waals surface area contributed by atoms with Crippen LogP contribution in [0.1, 0.15) is 36.6 Å². The van der Waals surface area contributed by atoms with E-state index in [1.807, 2.05) is 24.3 Å². The van der Waals surface area contributed by atoms with Crippen molar-refractivity contribution in [2.24, 2.45) is 0 Å². The molecule has 5 heteroatoms. The SMILES string of the molecule is CCCCn1c(-c2ccccc2)nc(-c2ccccc2)c1CN(Cc1ccccc1)Cc1cc(O)cc(Cl)c1. The average molecular weight is 536 g/mol. The Labute approximate surface area is 236 Å². The van der Waals surface area contributed by atoms with Crippen LogP contribution in [-0.4, -0.2) is 19.6 Å². The maximum Gasteiger partial charge on any atom is 0.140 e. The Morgan fingerprint density at radius 2 is 1.36 bits per heavy atom. The Morgan fingerprint density at radius 3 is 2.00 bits per heavy atom. The topological polar surface area (TPSA) is 41.3 Å². The molecule has 0 aliphatic carbocycles. The van der Waals surface area contributed by atoms with E-state index in [1.165, 1.54) is 11.3 Å². The summed E-state index contributed by atoms with van der Waals surface area (Å²) in [7, 11) is 0. The number of aromatic nitrogens is 2. The van der Waals surface area contributed by atoms with Gasteiger partial charge in [0.15, 0.2) is 0 Å². The van der Waals surface area contributed by atoms with E-state index in [1.54, 1.807) is 12.1 Å². The monoisotopic (exact) mass is 535 g/mol. The minimum absolute atomic E-state index is 0.182. The van der Waals surface area contributed by atoms with Gasteiger partial charge in [-0.2, -0.15) is 0 Å². The van der Waals surface area contributed by atoms with Gasteiger partial charge >= 0.3 is 0 Å². The highest BCUT2D eigenvalue weighted by Gasteiger charge is 2.22. The van der Waals surface area contributed by atoms with Crippen molar-refractivity contribution in [3.05, 3.63) is 131 Å². The molecule has 0 bridgehead atoms. The highest BCUT2D eigenvalue weighted by Crippen LogP contribution is 2.32. The maximum absolute atomic E-state index is 10.2. The quantitative estimate of drug-likeness (QED) is 0.184. The zero-order valence-electron chi connectivity index (χ0n) is 22.3.